The molecule has 2 aliphatic rings. The van der Waals surface area contributed by atoms with E-state index in [-0.39, 0.29) is 36.4 Å². The highest BCUT2D eigenvalue weighted by molar-refractivity contribution is 5.97. The van der Waals surface area contributed by atoms with Crippen molar-refractivity contribution in [3.8, 4) is 0 Å². The fourth-order valence-electron chi connectivity index (χ4n) is 5.21. The van der Waals surface area contributed by atoms with Crippen molar-refractivity contribution in [3.63, 3.8) is 0 Å². The number of benzene rings is 1. The molecule has 1 amide bonds. The normalized spacial score (nSPS) is 18.6. The maximum atomic E-state index is 14.6. The minimum atomic E-state index is -0.651. The zero-order valence-corrected chi connectivity index (χ0v) is 20.6. The van der Waals surface area contributed by atoms with E-state index in [1.807, 2.05) is 13.8 Å². The van der Waals surface area contributed by atoms with E-state index < -0.39 is 11.6 Å². The summed E-state index contributed by atoms with van der Waals surface area (Å²) < 4.78 is 41.6. The average molecular weight is 490 g/mol. The van der Waals surface area contributed by atoms with Gasteiger partial charge in [-0.2, -0.15) is 0 Å². The summed E-state index contributed by atoms with van der Waals surface area (Å²) in [5, 5.41) is 0. The quantitative estimate of drug-likeness (QED) is 0.580. The second-order valence-corrected chi connectivity index (χ2v) is 9.14. The van der Waals surface area contributed by atoms with E-state index in [1.54, 1.807) is 16.4 Å². The number of likely N-dealkylation sites (tertiary alicyclic amines) is 1. The molecule has 0 spiro atoms. The minimum absolute atomic E-state index is 0.0868. The molecule has 3 heterocycles. The molecular formula is C26H33F2N3O4. The molecular weight excluding hydrogens is 456 g/mol. The Balaban J connectivity index is 1.74. The number of anilines is 1. The first-order valence-electron chi connectivity index (χ1n) is 12.2. The SMILES string of the molecule is CCOC(=O)[C@@H]1CCCN(C(=O)c2c(C)c(N3CCOCC3)c(C)n2Cc2c(F)cccc2F)C1. The predicted octanol–water partition coefficient (Wildman–Crippen LogP) is 3.68. The summed E-state index contributed by atoms with van der Waals surface area (Å²) in [5.41, 5.74) is 2.75. The molecule has 2 saturated heterocycles. The van der Waals surface area contributed by atoms with Crippen LogP contribution in [0.25, 0.3) is 0 Å². The zero-order chi connectivity index (χ0) is 25.1. The second-order valence-electron chi connectivity index (χ2n) is 9.14. The molecule has 0 radical (unpaired) electrons. The third-order valence-electron chi connectivity index (χ3n) is 6.96. The fourth-order valence-corrected chi connectivity index (χ4v) is 5.21. The summed E-state index contributed by atoms with van der Waals surface area (Å²) in [7, 11) is 0. The van der Waals surface area contributed by atoms with Gasteiger partial charge in [-0.05, 0) is 45.7 Å². The van der Waals surface area contributed by atoms with Gasteiger partial charge in [0.05, 0.1) is 38.0 Å². The van der Waals surface area contributed by atoms with Gasteiger partial charge in [0, 0.05) is 43.0 Å². The van der Waals surface area contributed by atoms with Crippen LogP contribution in [-0.2, 0) is 20.8 Å². The van der Waals surface area contributed by atoms with Gasteiger partial charge in [0.2, 0.25) is 0 Å². The number of rotatable bonds is 6. The van der Waals surface area contributed by atoms with Crippen molar-refractivity contribution in [2.24, 2.45) is 5.92 Å². The number of ether oxygens (including phenoxy) is 2. The molecule has 0 bridgehead atoms. The Labute approximate surface area is 204 Å². The molecule has 2 aromatic rings. The molecule has 2 aliphatic heterocycles. The largest absolute Gasteiger partial charge is 0.466 e. The molecule has 35 heavy (non-hydrogen) atoms. The van der Waals surface area contributed by atoms with Crippen LogP contribution < -0.4 is 4.90 Å². The van der Waals surface area contributed by atoms with Gasteiger partial charge in [-0.25, -0.2) is 8.78 Å². The third kappa shape index (κ3) is 5.05. The summed E-state index contributed by atoms with van der Waals surface area (Å²) in [6, 6.07) is 3.78. The predicted molar refractivity (Wildman–Crippen MR) is 128 cm³/mol. The monoisotopic (exact) mass is 489 g/mol. The van der Waals surface area contributed by atoms with E-state index in [0.717, 1.165) is 16.9 Å². The minimum Gasteiger partial charge on any atom is -0.466 e. The molecule has 190 valence electrons. The van der Waals surface area contributed by atoms with Gasteiger partial charge in [0.25, 0.3) is 5.91 Å². The number of esters is 1. The number of carbonyl (C=O) groups excluding carboxylic acids is 2. The van der Waals surface area contributed by atoms with Crippen LogP contribution in [0.5, 0.6) is 0 Å². The van der Waals surface area contributed by atoms with Gasteiger partial charge in [-0.1, -0.05) is 6.07 Å². The van der Waals surface area contributed by atoms with Gasteiger partial charge in [-0.3, -0.25) is 9.59 Å². The Morgan fingerprint density at radius 2 is 1.80 bits per heavy atom. The molecule has 9 heteroatoms. The highest BCUT2D eigenvalue weighted by atomic mass is 19.1. The number of amides is 1. The van der Waals surface area contributed by atoms with E-state index in [9.17, 15) is 18.4 Å². The van der Waals surface area contributed by atoms with E-state index >= 15 is 0 Å². The number of halogens is 2. The Bertz CT molecular complexity index is 1070. The maximum absolute atomic E-state index is 14.6. The number of piperidine rings is 1. The molecule has 7 nitrogen and oxygen atoms in total. The topological polar surface area (TPSA) is 64.0 Å². The van der Waals surface area contributed by atoms with E-state index in [4.69, 9.17) is 9.47 Å². The van der Waals surface area contributed by atoms with Crippen LogP contribution in [0, 0.1) is 31.4 Å². The highest BCUT2D eigenvalue weighted by Crippen LogP contribution is 2.34. The van der Waals surface area contributed by atoms with Crippen LogP contribution >= 0.6 is 0 Å². The summed E-state index contributed by atoms with van der Waals surface area (Å²) in [6.45, 7) is 8.97. The molecule has 0 unspecified atom stereocenters. The zero-order valence-electron chi connectivity index (χ0n) is 20.6. The lowest BCUT2D eigenvalue weighted by Crippen LogP contribution is -2.43. The van der Waals surface area contributed by atoms with E-state index in [0.29, 0.717) is 58.0 Å². The molecule has 0 saturated carbocycles. The van der Waals surface area contributed by atoms with Gasteiger partial charge in [0.1, 0.15) is 17.3 Å². The van der Waals surface area contributed by atoms with Crippen molar-refractivity contribution in [1.82, 2.24) is 9.47 Å². The lowest BCUT2D eigenvalue weighted by molar-refractivity contribution is -0.149. The van der Waals surface area contributed by atoms with Crippen molar-refractivity contribution in [2.45, 2.75) is 40.2 Å². The van der Waals surface area contributed by atoms with E-state index in [1.165, 1.54) is 18.2 Å². The van der Waals surface area contributed by atoms with Gasteiger partial charge in [-0.15, -0.1) is 0 Å². The highest BCUT2D eigenvalue weighted by Gasteiger charge is 2.34. The van der Waals surface area contributed by atoms with Crippen molar-refractivity contribution in [2.75, 3.05) is 50.9 Å². The fraction of sp³-hybridized carbons (Fsp3) is 0.538. The molecule has 0 aliphatic carbocycles. The number of carbonyl (C=O) groups is 2. The van der Waals surface area contributed by atoms with Gasteiger partial charge < -0.3 is 23.8 Å². The molecule has 1 aromatic carbocycles. The number of aromatic nitrogens is 1. The summed E-state index contributed by atoms with van der Waals surface area (Å²) in [5.74, 6) is -2.21. The third-order valence-corrected chi connectivity index (χ3v) is 6.96. The summed E-state index contributed by atoms with van der Waals surface area (Å²) in [6.07, 6.45) is 1.35. The molecule has 2 fully saturated rings. The Hall–Kier alpha value is -2.94. The van der Waals surface area contributed by atoms with Crippen LogP contribution in [0.2, 0.25) is 0 Å². The summed E-state index contributed by atoms with van der Waals surface area (Å²) in [4.78, 5) is 30.1. The number of morpholine rings is 1. The van der Waals surface area contributed by atoms with Crippen molar-refractivity contribution in [3.05, 3.63) is 52.3 Å². The summed E-state index contributed by atoms with van der Waals surface area (Å²) >= 11 is 0. The maximum Gasteiger partial charge on any atom is 0.310 e. The Kier molecular flexibility index (Phi) is 7.74. The van der Waals surface area contributed by atoms with Crippen LogP contribution in [0.15, 0.2) is 18.2 Å². The number of hydrogen-bond acceptors (Lipinski definition) is 5. The first-order chi connectivity index (χ1) is 16.8. The van der Waals surface area contributed by atoms with Crippen LogP contribution in [0.3, 0.4) is 0 Å². The Morgan fingerprint density at radius 3 is 2.46 bits per heavy atom. The van der Waals surface area contributed by atoms with Crippen molar-refractivity contribution in [1.29, 1.82) is 0 Å². The standard InChI is InChI=1S/C26H33F2N3O4/c1-4-35-26(33)19-7-6-10-30(15-19)25(32)24-17(2)23(29-11-13-34-14-12-29)18(3)31(24)16-20-21(27)8-5-9-22(20)28/h5,8-9,19H,4,6-7,10-16H2,1-3H3/t19-/m1/s1. The molecule has 4 rings (SSSR count). The molecule has 1 aromatic heterocycles. The second kappa shape index (κ2) is 10.8. The van der Waals surface area contributed by atoms with Gasteiger partial charge >= 0.3 is 5.97 Å². The van der Waals surface area contributed by atoms with Gasteiger partial charge in [0.15, 0.2) is 0 Å². The molecule has 1 atom stereocenters. The first-order valence-corrected chi connectivity index (χ1v) is 12.2. The smallest absolute Gasteiger partial charge is 0.310 e. The van der Waals surface area contributed by atoms with E-state index in [2.05, 4.69) is 4.90 Å². The molecule has 0 N–H and O–H groups in total. The van der Waals surface area contributed by atoms with Crippen molar-refractivity contribution < 1.29 is 27.8 Å². The van der Waals surface area contributed by atoms with Crippen molar-refractivity contribution >= 4 is 17.6 Å². The first kappa shape index (κ1) is 25.2. The van der Waals surface area contributed by atoms with Crippen LogP contribution in [0.4, 0.5) is 14.5 Å². The van der Waals surface area contributed by atoms with Crippen LogP contribution in [-0.4, -0.2) is 67.3 Å². The average Bonchev–Trinajstić information content (AvgIpc) is 3.10. The lowest BCUT2D eigenvalue weighted by atomic mass is 9.97. The number of nitrogens with zero attached hydrogens (tertiary/aromatic N) is 3. The van der Waals surface area contributed by atoms with Crippen LogP contribution in [0.1, 0.15) is 47.1 Å². The number of hydrogen-bond donors (Lipinski definition) is 0. The Morgan fingerprint density at radius 1 is 1.11 bits per heavy atom. The lowest BCUT2D eigenvalue weighted by Gasteiger charge is -2.32.